The van der Waals surface area contributed by atoms with Gasteiger partial charge < -0.3 is 5.11 Å². The number of nitrogens with zero attached hydrogens (tertiary/aromatic N) is 2. The number of hydrogen-bond acceptors (Lipinski definition) is 4. The number of carboxylic acid groups (broad SMARTS) is 1. The normalized spacial score (nSPS) is 11.2. The fourth-order valence-electron chi connectivity index (χ4n) is 2.94. The number of aromatic nitrogens is 2. The number of sulfonamides is 1. The van der Waals surface area contributed by atoms with Crippen molar-refractivity contribution in [2.45, 2.75) is 4.90 Å². The number of para-hydroxylation sites is 1. The molecule has 0 radical (unpaired) electrons. The fraction of sp³-hybridized carbons (Fsp3) is 0. The molecule has 0 spiro atoms. The summed E-state index contributed by atoms with van der Waals surface area (Å²) in [5.74, 6) is -0.755. The average molecular weight is 419 g/mol. The minimum absolute atomic E-state index is 0.137. The second-order valence-electron chi connectivity index (χ2n) is 6.46. The Hall–Kier alpha value is -3.91. The molecule has 150 valence electrons. The molecule has 0 amide bonds. The van der Waals surface area contributed by atoms with Crippen LogP contribution < -0.4 is 4.72 Å². The van der Waals surface area contributed by atoms with Crippen molar-refractivity contribution in [2.24, 2.45) is 0 Å². The molecule has 4 rings (SSSR count). The van der Waals surface area contributed by atoms with Crippen LogP contribution in [-0.2, 0) is 10.0 Å². The van der Waals surface area contributed by atoms with Gasteiger partial charge in [0.2, 0.25) is 0 Å². The molecule has 0 aliphatic rings. The van der Waals surface area contributed by atoms with Crippen molar-refractivity contribution in [3.8, 4) is 16.9 Å². The van der Waals surface area contributed by atoms with Crippen molar-refractivity contribution in [2.75, 3.05) is 4.72 Å². The van der Waals surface area contributed by atoms with Crippen LogP contribution in [0.1, 0.15) is 10.4 Å². The number of rotatable bonds is 6. The Balaban J connectivity index is 1.78. The molecular formula is C22H17N3O4S. The topological polar surface area (TPSA) is 101 Å². The summed E-state index contributed by atoms with van der Waals surface area (Å²) in [6.07, 6.45) is 0. The third kappa shape index (κ3) is 3.94. The lowest BCUT2D eigenvalue weighted by Crippen LogP contribution is -2.15. The van der Waals surface area contributed by atoms with Crippen molar-refractivity contribution in [1.29, 1.82) is 0 Å². The minimum atomic E-state index is -3.82. The molecule has 0 aliphatic carbocycles. The van der Waals surface area contributed by atoms with Crippen LogP contribution in [0.2, 0.25) is 0 Å². The summed E-state index contributed by atoms with van der Waals surface area (Å²) >= 11 is 0. The van der Waals surface area contributed by atoms with Gasteiger partial charge in [0, 0.05) is 11.6 Å². The van der Waals surface area contributed by atoms with Gasteiger partial charge in [-0.1, -0.05) is 48.5 Å². The average Bonchev–Trinajstić information content (AvgIpc) is 3.18. The Kier molecular flexibility index (Phi) is 5.07. The van der Waals surface area contributed by atoms with Gasteiger partial charge in [0.25, 0.3) is 10.0 Å². The molecule has 3 aromatic carbocycles. The molecule has 0 bridgehead atoms. The largest absolute Gasteiger partial charge is 0.478 e. The Morgan fingerprint density at radius 3 is 2.07 bits per heavy atom. The molecule has 0 unspecified atom stereocenters. The third-order valence-electron chi connectivity index (χ3n) is 4.43. The molecule has 0 aliphatic heterocycles. The van der Waals surface area contributed by atoms with Crippen molar-refractivity contribution in [3.63, 3.8) is 0 Å². The van der Waals surface area contributed by atoms with E-state index < -0.39 is 16.0 Å². The zero-order valence-electron chi connectivity index (χ0n) is 15.6. The van der Waals surface area contributed by atoms with Crippen LogP contribution in [0.4, 0.5) is 5.82 Å². The van der Waals surface area contributed by atoms with Gasteiger partial charge in [-0.15, -0.1) is 0 Å². The van der Waals surface area contributed by atoms with Crippen molar-refractivity contribution >= 4 is 21.8 Å². The van der Waals surface area contributed by atoms with Crippen LogP contribution in [0, 0.1) is 0 Å². The zero-order valence-corrected chi connectivity index (χ0v) is 16.5. The molecule has 7 nitrogen and oxygen atoms in total. The first-order valence-electron chi connectivity index (χ1n) is 9.01. The molecule has 2 N–H and O–H groups in total. The summed E-state index contributed by atoms with van der Waals surface area (Å²) in [4.78, 5) is 11.2. The van der Waals surface area contributed by atoms with E-state index in [0.29, 0.717) is 16.9 Å². The predicted octanol–water partition coefficient (Wildman–Crippen LogP) is 4.04. The maximum absolute atomic E-state index is 12.8. The second-order valence-corrected chi connectivity index (χ2v) is 8.15. The summed E-state index contributed by atoms with van der Waals surface area (Å²) in [7, 11) is -3.82. The van der Waals surface area contributed by atoms with E-state index in [1.54, 1.807) is 36.4 Å². The molecule has 1 heterocycles. The van der Waals surface area contributed by atoms with Crippen molar-refractivity contribution in [3.05, 3.63) is 96.6 Å². The van der Waals surface area contributed by atoms with Gasteiger partial charge in [0.05, 0.1) is 21.8 Å². The Bertz CT molecular complexity index is 1280. The lowest BCUT2D eigenvalue weighted by atomic mass is 10.1. The summed E-state index contributed by atoms with van der Waals surface area (Å²) < 4.78 is 29.8. The van der Waals surface area contributed by atoms with Crippen LogP contribution in [0.3, 0.4) is 0 Å². The lowest BCUT2D eigenvalue weighted by Gasteiger charge is -2.10. The SMILES string of the molecule is O=C(O)c1ccc(-c2cc(NS(=O)(=O)c3ccccc3)n(-c3ccccc3)n2)cc1. The number of benzene rings is 3. The molecule has 30 heavy (non-hydrogen) atoms. The van der Waals surface area contributed by atoms with Crippen molar-refractivity contribution < 1.29 is 18.3 Å². The molecule has 8 heteroatoms. The minimum Gasteiger partial charge on any atom is -0.478 e. The van der Waals surface area contributed by atoms with Gasteiger partial charge in [-0.25, -0.2) is 17.9 Å². The van der Waals surface area contributed by atoms with Crippen molar-refractivity contribution in [1.82, 2.24) is 9.78 Å². The Morgan fingerprint density at radius 1 is 0.867 bits per heavy atom. The van der Waals surface area contributed by atoms with E-state index in [0.717, 1.165) is 0 Å². The number of hydrogen-bond donors (Lipinski definition) is 2. The van der Waals surface area contributed by atoms with Crippen LogP contribution in [-0.4, -0.2) is 29.3 Å². The van der Waals surface area contributed by atoms with E-state index >= 15 is 0 Å². The number of carbonyl (C=O) groups is 1. The van der Waals surface area contributed by atoms with E-state index in [2.05, 4.69) is 9.82 Å². The first kappa shape index (κ1) is 19.4. The quantitative estimate of drug-likeness (QED) is 0.491. The van der Waals surface area contributed by atoms with Crippen LogP contribution in [0.5, 0.6) is 0 Å². The highest BCUT2D eigenvalue weighted by molar-refractivity contribution is 7.92. The number of nitrogens with one attached hydrogen (secondary N) is 1. The van der Waals surface area contributed by atoms with Gasteiger partial charge in [-0.05, 0) is 36.4 Å². The Morgan fingerprint density at radius 2 is 1.47 bits per heavy atom. The van der Waals surface area contributed by atoms with E-state index in [1.165, 1.54) is 28.9 Å². The molecule has 0 saturated carbocycles. The zero-order chi connectivity index (χ0) is 21.1. The van der Waals surface area contributed by atoms with Crippen LogP contribution in [0.15, 0.2) is 95.9 Å². The monoisotopic (exact) mass is 419 g/mol. The summed E-state index contributed by atoms with van der Waals surface area (Å²) in [5.41, 5.74) is 2.00. The molecule has 0 saturated heterocycles. The number of aromatic carboxylic acids is 1. The molecule has 0 fully saturated rings. The van der Waals surface area contributed by atoms with E-state index in [-0.39, 0.29) is 16.3 Å². The van der Waals surface area contributed by atoms with E-state index in [4.69, 9.17) is 5.11 Å². The molecule has 0 atom stereocenters. The predicted molar refractivity (Wildman–Crippen MR) is 113 cm³/mol. The highest BCUT2D eigenvalue weighted by Crippen LogP contribution is 2.27. The lowest BCUT2D eigenvalue weighted by molar-refractivity contribution is 0.0697. The second kappa shape index (κ2) is 7.84. The molecule has 1 aromatic heterocycles. The maximum atomic E-state index is 12.8. The third-order valence-corrected chi connectivity index (χ3v) is 5.80. The standard InChI is InChI=1S/C22H17N3O4S/c26-22(27)17-13-11-16(12-14-17)20-15-21(25(23-20)18-7-3-1-4-8-18)24-30(28,29)19-9-5-2-6-10-19/h1-15,24H,(H,26,27). The smallest absolute Gasteiger partial charge is 0.335 e. The maximum Gasteiger partial charge on any atom is 0.335 e. The summed E-state index contributed by atoms with van der Waals surface area (Å²) in [6, 6.07) is 25.0. The molecule has 4 aromatic rings. The summed E-state index contributed by atoms with van der Waals surface area (Å²) in [5, 5.41) is 13.6. The Labute approximate surface area is 173 Å². The van der Waals surface area contributed by atoms with Gasteiger partial charge >= 0.3 is 5.97 Å². The first-order valence-corrected chi connectivity index (χ1v) is 10.5. The summed E-state index contributed by atoms with van der Waals surface area (Å²) in [6.45, 7) is 0. The fourth-order valence-corrected chi connectivity index (χ4v) is 3.99. The first-order chi connectivity index (χ1) is 14.4. The van der Waals surface area contributed by atoms with Crippen LogP contribution in [0.25, 0.3) is 16.9 Å². The van der Waals surface area contributed by atoms with Crippen LogP contribution >= 0.6 is 0 Å². The van der Waals surface area contributed by atoms with Gasteiger partial charge in [0.1, 0.15) is 5.82 Å². The highest BCUT2D eigenvalue weighted by Gasteiger charge is 2.19. The van der Waals surface area contributed by atoms with Gasteiger partial charge in [0.15, 0.2) is 0 Å². The number of carboxylic acids is 1. The van der Waals surface area contributed by atoms with E-state index in [1.807, 2.05) is 30.3 Å². The van der Waals surface area contributed by atoms with Gasteiger partial charge in [-0.3, -0.25) is 4.72 Å². The van der Waals surface area contributed by atoms with Gasteiger partial charge in [-0.2, -0.15) is 5.10 Å². The number of anilines is 1. The molecular weight excluding hydrogens is 402 g/mol. The highest BCUT2D eigenvalue weighted by atomic mass is 32.2. The van der Waals surface area contributed by atoms with E-state index in [9.17, 15) is 13.2 Å².